The summed E-state index contributed by atoms with van der Waals surface area (Å²) in [7, 11) is 0. The molecule has 0 aromatic heterocycles. The van der Waals surface area contributed by atoms with Gasteiger partial charge in [0, 0.05) is 11.6 Å². The van der Waals surface area contributed by atoms with E-state index in [0.717, 1.165) is 31.8 Å². The molecule has 0 aliphatic carbocycles. The van der Waals surface area contributed by atoms with Crippen LogP contribution in [-0.4, -0.2) is 30.9 Å². The van der Waals surface area contributed by atoms with Crippen molar-refractivity contribution >= 4 is 17.7 Å². The maximum absolute atomic E-state index is 12.2. The maximum atomic E-state index is 12.2. The number of unbranched alkanes of at least 4 members (excludes halogenated alkanes) is 3. The first-order valence-electron chi connectivity index (χ1n) is 9.85. The van der Waals surface area contributed by atoms with Crippen LogP contribution in [0.4, 0.5) is 0 Å². The van der Waals surface area contributed by atoms with E-state index in [1.807, 2.05) is 0 Å². The lowest BCUT2D eigenvalue weighted by molar-refractivity contribution is -0.137. The van der Waals surface area contributed by atoms with E-state index in [0.29, 0.717) is 35.8 Å². The molecule has 0 saturated carbocycles. The van der Waals surface area contributed by atoms with Crippen molar-refractivity contribution in [3.63, 3.8) is 0 Å². The summed E-state index contributed by atoms with van der Waals surface area (Å²) in [5, 5.41) is 0. The van der Waals surface area contributed by atoms with Crippen LogP contribution in [0.25, 0.3) is 0 Å². The predicted molar refractivity (Wildman–Crippen MR) is 113 cm³/mol. The first kappa shape index (κ1) is 22.9. The number of Topliss-reactive ketones (excluding diaryl/α,β-unsaturated/α-hetero) is 1. The lowest BCUT2D eigenvalue weighted by Gasteiger charge is -2.08. The molecule has 0 saturated heterocycles. The first-order valence-corrected chi connectivity index (χ1v) is 9.85. The molecular weight excluding hydrogens is 384 g/mol. The maximum Gasteiger partial charge on any atom is 0.343 e. The van der Waals surface area contributed by atoms with Crippen LogP contribution in [0.1, 0.15) is 53.3 Å². The molecule has 2 aromatic carbocycles. The van der Waals surface area contributed by atoms with Crippen molar-refractivity contribution in [1.82, 2.24) is 0 Å². The molecule has 0 heterocycles. The number of esters is 2. The number of ether oxygens (including phenoxy) is 3. The van der Waals surface area contributed by atoms with Gasteiger partial charge in [-0.25, -0.2) is 9.59 Å². The highest BCUT2D eigenvalue weighted by Crippen LogP contribution is 2.17. The molecule has 0 bridgehead atoms. The zero-order chi connectivity index (χ0) is 21.8. The molecule has 0 spiro atoms. The Bertz CT molecular complexity index is 852. The largest absolute Gasteiger partial charge is 0.494 e. The highest BCUT2D eigenvalue weighted by Gasteiger charge is 2.09. The fourth-order valence-electron chi connectivity index (χ4n) is 2.59. The lowest BCUT2D eigenvalue weighted by Crippen LogP contribution is -2.08. The van der Waals surface area contributed by atoms with Crippen molar-refractivity contribution in [2.45, 2.75) is 32.6 Å². The molecule has 0 atom stereocenters. The van der Waals surface area contributed by atoms with Crippen molar-refractivity contribution in [2.75, 3.05) is 13.2 Å². The minimum atomic E-state index is -0.478. The summed E-state index contributed by atoms with van der Waals surface area (Å²) in [6.07, 6.45) is 4.78. The van der Waals surface area contributed by atoms with E-state index in [9.17, 15) is 14.4 Å². The Kier molecular flexibility index (Phi) is 9.31. The normalized spacial score (nSPS) is 10.2. The molecule has 0 N–H and O–H groups in total. The van der Waals surface area contributed by atoms with E-state index in [1.54, 1.807) is 48.5 Å². The highest BCUT2D eigenvalue weighted by atomic mass is 16.5. The molecule has 0 aliphatic heterocycles. The van der Waals surface area contributed by atoms with Crippen LogP contribution < -0.4 is 9.47 Å². The highest BCUT2D eigenvalue weighted by molar-refractivity contribution is 5.94. The van der Waals surface area contributed by atoms with Gasteiger partial charge in [-0.2, -0.15) is 0 Å². The summed E-state index contributed by atoms with van der Waals surface area (Å²) >= 11 is 0. The van der Waals surface area contributed by atoms with E-state index in [1.165, 1.54) is 6.92 Å². The van der Waals surface area contributed by atoms with Crippen molar-refractivity contribution < 1.29 is 28.6 Å². The Morgan fingerprint density at radius 3 is 1.97 bits per heavy atom. The van der Waals surface area contributed by atoms with Gasteiger partial charge < -0.3 is 14.2 Å². The number of benzene rings is 2. The summed E-state index contributed by atoms with van der Waals surface area (Å²) in [6.45, 7) is 5.80. The smallest absolute Gasteiger partial charge is 0.343 e. The standard InChI is InChI=1S/C24H26O6/c1-3-23(26)29-17-7-5-4-6-16-28-21-12-10-20(11-13-21)24(27)30-22-14-8-19(9-15-22)18(2)25/h3,8-15H,1,4-7,16-17H2,2H3. The minimum absolute atomic E-state index is 0.0440. The predicted octanol–water partition coefficient (Wildman–Crippen LogP) is 4.78. The van der Waals surface area contributed by atoms with Gasteiger partial charge in [-0.3, -0.25) is 4.79 Å². The third kappa shape index (κ3) is 7.91. The fourth-order valence-corrected chi connectivity index (χ4v) is 2.59. The first-order chi connectivity index (χ1) is 14.5. The Labute approximate surface area is 176 Å². The number of hydrogen-bond donors (Lipinski definition) is 0. The Morgan fingerprint density at radius 1 is 0.800 bits per heavy atom. The lowest BCUT2D eigenvalue weighted by atomic mass is 10.1. The minimum Gasteiger partial charge on any atom is -0.494 e. The van der Waals surface area contributed by atoms with E-state index in [2.05, 4.69) is 6.58 Å². The molecule has 6 nitrogen and oxygen atoms in total. The summed E-state index contributed by atoms with van der Waals surface area (Å²) in [5.41, 5.74) is 0.972. The van der Waals surface area contributed by atoms with Crippen LogP contribution in [0, 0.1) is 0 Å². The summed E-state index contributed by atoms with van der Waals surface area (Å²) in [5.74, 6) is 0.144. The van der Waals surface area contributed by atoms with Gasteiger partial charge in [-0.15, -0.1) is 0 Å². The van der Waals surface area contributed by atoms with Crippen LogP contribution in [0.5, 0.6) is 11.5 Å². The van der Waals surface area contributed by atoms with Crippen molar-refractivity contribution in [3.8, 4) is 11.5 Å². The van der Waals surface area contributed by atoms with Crippen LogP contribution in [0.15, 0.2) is 61.2 Å². The van der Waals surface area contributed by atoms with Crippen molar-refractivity contribution in [1.29, 1.82) is 0 Å². The molecule has 0 radical (unpaired) electrons. The zero-order valence-corrected chi connectivity index (χ0v) is 17.1. The molecule has 0 unspecified atom stereocenters. The summed E-state index contributed by atoms with van der Waals surface area (Å²) in [4.78, 5) is 34.4. The number of carbonyl (C=O) groups excluding carboxylic acids is 3. The third-order valence-electron chi connectivity index (χ3n) is 4.28. The van der Waals surface area contributed by atoms with Crippen LogP contribution >= 0.6 is 0 Å². The van der Waals surface area contributed by atoms with Gasteiger partial charge in [0.15, 0.2) is 5.78 Å². The van der Waals surface area contributed by atoms with Gasteiger partial charge in [-0.05, 0) is 81.1 Å². The van der Waals surface area contributed by atoms with Gasteiger partial charge in [0.05, 0.1) is 18.8 Å². The monoisotopic (exact) mass is 410 g/mol. The number of carbonyl (C=O) groups is 3. The third-order valence-corrected chi connectivity index (χ3v) is 4.28. The molecule has 158 valence electrons. The Balaban J connectivity index is 1.67. The molecule has 2 rings (SSSR count). The van der Waals surface area contributed by atoms with E-state index >= 15 is 0 Å². The average Bonchev–Trinajstić information content (AvgIpc) is 2.76. The molecule has 30 heavy (non-hydrogen) atoms. The Morgan fingerprint density at radius 2 is 1.37 bits per heavy atom. The second-order valence-corrected chi connectivity index (χ2v) is 6.63. The van der Waals surface area contributed by atoms with Crippen molar-refractivity contribution in [2.24, 2.45) is 0 Å². The van der Waals surface area contributed by atoms with Gasteiger partial charge in [0.1, 0.15) is 11.5 Å². The van der Waals surface area contributed by atoms with Gasteiger partial charge in [0.25, 0.3) is 0 Å². The van der Waals surface area contributed by atoms with Gasteiger partial charge in [0.2, 0.25) is 0 Å². The number of rotatable bonds is 12. The average molecular weight is 410 g/mol. The van der Waals surface area contributed by atoms with Gasteiger partial charge in [-0.1, -0.05) is 6.58 Å². The molecule has 2 aromatic rings. The molecule has 0 fully saturated rings. The van der Waals surface area contributed by atoms with Crippen molar-refractivity contribution in [3.05, 3.63) is 72.3 Å². The topological polar surface area (TPSA) is 78.9 Å². The summed E-state index contributed by atoms with van der Waals surface area (Å²) in [6, 6.07) is 13.2. The van der Waals surface area contributed by atoms with Crippen LogP contribution in [0.2, 0.25) is 0 Å². The van der Waals surface area contributed by atoms with Gasteiger partial charge >= 0.3 is 11.9 Å². The molecule has 6 heteroatoms. The SMILES string of the molecule is C=CC(=O)OCCCCCCOc1ccc(C(=O)Oc2ccc(C(C)=O)cc2)cc1. The van der Waals surface area contributed by atoms with Crippen LogP contribution in [-0.2, 0) is 9.53 Å². The number of ketones is 1. The van der Waals surface area contributed by atoms with Crippen LogP contribution in [0.3, 0.4) is 0 Å². The summed E-state index contributed by atoms with van der Waals surface area (Å²) < 4.78 is 15.9. The molecule has 0 aliphatic rings. The van der Waals surface area contributed by atoms with E-state index in [-0.39, 0.29) is 5.78 Å². The molecule has 0 amide bonds. The fraction of sp³-hybridized carbons (Fsp3) is 0.292. The number of hydrogen-bond acceptors (Lipinski definition) is 6. The van der Waals surface area contributed by atoms with E-state index in [4.69, 9.17) is 14.2 Å². The van der Waals surface area contributed by atoms with E-state index < -0.39 is 11.9 Å². The Hall–Kier alpha value is -3.41. The second-order valence-electron chi connectivity index (χ2n) is 6.63. The quantitative estimate of drug-likeness (QED) is 0.165. The molecular formula is C24H26O6. The zero-order valence-electron chi connectivity index (χ0n) is 17.1. The second kappa shape index (κ2) is 12.2.